The molecule has 4 aromatic rings. The van der Waals surface area contributed by atoms with Gasteiger partial charge in [0.15, 0.2) is 0 Å². The molecule has 0 unspecified atom stereocenters. The number of benzene rings is 2. The van der Waals surface area contributed by atoms with E-state index in [-0.39, 0.29) is 12.1 Å². The highest BCUT2D eigenvalue weighted by Crippen LogP contribution is 2.37. The number of hydrogen-bond acceptors (Lipinski definition) is 4. The Labute approximate surface area is 186 Å². The van der Waals surface area contributed by atoms with Crippen LogP contribution in [0.4, 0.5) is 8.78 Å². The van der Waals surface area contributed by atoms with Gasteiger partial charge in [0, 0.05) is 28.4 Å². The normalized spacial score (nSPS) is 14.4. The van der Waals surface area contributed by atoms with Crippen LogP contribution in [-0.2, 0) is 12.1 Å². The Morgan fingerprint density at radius 3 is 2.61 bits per heavy atom. The maximum absolute atomic E-state index is 14.7. The molecule has 0 saturated carbocycles. The summed E-state index contributed by atoms with van der Waals surface area (Å²) in [5, 5.41) is 21.1. The molecule has 0 aliphatic rings. The summed E-state index contributed by atoms with van der Waals surface area (Å²) in [4.78, 5) is 3.87. The topological polar surface area (TPSA) is 68.8 Å². The first-order valence-corrected chi connectivity index (χ1v) is 10.0. The van der Waals surface area contributed by atoms with Crippen LogP contribution in [0, 0.1) is 11.6 Å². The van der Waals surface area contributed by atoms with Gasteiger partial charge in [-0.3, -0.25) is 4.68 Å². The minimum absolute atomic E-state index is 0.0847. The van der Waals surface area contributed by atoms with Crippen molar-refractivity contribution in [2.45, 2.75) is 25.1 Å². The van der Waals surface area contributed by atoms with E-state index in [1.54, 1.807) is 37.4 Å². The number of hydrogen-bond donors (Lipinski definition) is 1. The monoisotopic (exact) mass is 463 g/mol. The molecule has 2 heterocycles. The number of nitrogens with zero attached hydrogens (tertiary/aromatic N) is 5. The molecule has 1 N–H and O–H groups in total. The molecular weight excluding hydrogens is 447 g/mol. The van der Waals surface area contributed by atoms with Crippen LogP contribution in [0.2, 0.25) is 10.0 Å². The van der Waals surface area contributed by atoms with Crippen LogP contribution in [0.15, 0.2) is 61.3 Å². The molecule has 4 rings (SSSR count). The molecule has 2 aromatic carbocycles. The van der Waals surface area contributed by atoms with Crippen molar-refractivity contribution in [3.8, 4) is 11.3 Å². The van der Waals surface area contributed by atoms with Crippen molar-refractivity contribution in [2.75, 3.05) is 0 Å². The van der Waals surface area contributed by atoms with Crippen molar-refractivity contribution in [3.63, 3.8) is 0 Å². The lowest BCUT2D eigenvalue weighted by molar-refractivity contribution is -0.0368. The smallest absolute Gasteiger partial charge is 0.137 e. The van der Waals surface area contributed by atoms with Gasteiger partial charge < -0.3 is 5.11 Å². The van der Waals surface area contributed by atoms with E-state index < -0.39 is 23.3 Å². The van der Waals surface area contributed by atoms with Gasteiger partial charge in [0.1, 0.15) is 29.9 Å². The highest BCUT2D eigenvalue weighted by molar-refractivity contribution is 6.36. The summed E-state index contributed by atoms with van der Waals surface area (Å²) in [6.07, 6.45) is 4.36. The molecule has 0 saturated heterocycles. The largest absolute Gasteiger partial charge is 0.381 e. The summed E-state index contributed by atoms with van der Waals surface area (Å²) in [5.41, 5.74) is -0.696. The summed E-state index contributed by atoms with van der Waals surface area (Å²) in [6.45, 7) is 1.55. The van der Waals surface area contributed by atoms with Gasteiger partial charge in [-0.05, 0) is 37.3 Å². The lowest BCUT2D eigenvalue weighted by Crippen LogP contribution is -2.40. The van der Waals surface area contributed by atoms with Gasteiger partial charge in [-0.15, -0.1) is 0 Å². The number of rotatable bonds is 6. The van der Waals surface area contributed by atoms with Crippen molar-refractivity contribution in [1.29, 1.82) is 0 Å². The summed E-state index contributed by atoms with van der Waals surface area (Å²) < 4.78 is 31.1. The van der Waals surface area contributed by atoms with Gasteiger partial charge in [-0.25, -0.2) is 18.4 Å². The third kappa shape index (κ3) is 4.19. The molecule has 6 nitrogen and oxygen atoms in total. The third-order valence-corrected chi connectivity index (χ3v) is 5.72. The second-order valence-electron chi connectivity index (χ2n) is 7.12. The molecule has 2 atom stereocenters. The van der Waals surface area contributed by atoms with Crippen LogP contribution < -0.4 is 0 Å². The van der Waals surface area contributed by atoms with Crippen molar-refractivity contribution in [2.24, 2.45) is 0 Å². The van der Waals surface area contributed by atoms with Gasteiger partial charge in [0.05, 0.1) is 23.3 Å². The first-order chi connectivity index (χ1) is 14.8. The molecule has 0 amide bonds. The van der Waals surface area contributed by atoms with E-state index in [0.29, 0.717) is 21.3 Å². The Kier molecular flexibility index (Phi) is 5.79. The fraction of sp³-hybridized carbons (Fsp3) is 0.190. The van der Waals surface area contributed by atoms with Gasteiger partial charge in [0.25, 0.3) is 0 Å². The summed E-state index contributed by atoms with van der Waals surface area (Å²) in [6, 6.07) is 9.05. The first kappa shape index (κ1) is 21.4. The second kappa shape index (κ2) is 8.37. The van der Waals surface area contributed by atoms with Crippen molar-refractivity contribution < 1.29 is 13.9 Å². The Balaban J connectivity index is 1.76. The average Bonchev–Trinajstić information content (AvgIpc) is 3.39. The lowest BCUT2D eigenvalue weighted by atomic mass is 9.86. The minimum atomic E-state index is -1.82. The molecule has 2 aromatic heterocycles. The maximum Gasteiger partial charge on any atom is 0.137 e. The predicted octanol–water partition coefficient (Wildman–Crippen LogP) is 4.88. The van der Waals surface area contributed by atoms with Crippen molar-refractivity contribution in [1.82, 2.24) is 24.5 Å². The quantitative estimate of drug-likeness (QED) is 0.442. The molecule has 0 radical (unpaired) electrons. The third-order valence-electron chi connectivity index (χ3n) is 5.17. The van der Waals surface area contributed by atoms with Crippen molar-refractivity contribution >= 4 is 23.2 Å². The molecular formula is C21H17Cl2F2N5O. The first-order valence-electron chi connectivity index (χ1n) is 9.29. The van der Waals surface area contributed by atoms with Crippen LogP contribution in [0.5, 0.6) is 0 Å². The highest BCUT2D eigenvalue weighted by Gasteiger charge is 2.40. The molecule has 160 valence electrons. The molecule has 0 spiro atoms. The summed E-state index contributed by atoms with van der Waals surface area (Å²) >= 11 is 12.2. The van der Waals surface area contributed by atoms with E-state index in [9.17, 15) is 13.9 Å². The van der Waals surface area contributed by atoms with Crippen LogP contribution in [0.1, 0.15) is 18.5 Å². The van der Waals surface area contributed by atoms with E-state index >= 15 is 0 Å². The van der Waals surface area contributed by atoms with Gasteiger partial charge >= 0.3 is 0 Å². The Morgan fingerprint density at radius 2 is 1.94 bits per heavy atom. The minimum Gasteiger partial charge on any atom is -0.381 e. The molecule has 0 bridgehead atoms. The average molecular weight is 464 g/mol. The van der Waals surface area contributed by atoms with Crippen molar-refractivity contribution in [3.05, 3.63) is 88.6 Å². The van der Waals surface area contributed by atoms with Gasteiger partial charge in [-0.1, -0.05) is 29.3 Å². The van der Waals surface area contributed by atoms with Gasteiger partial charge in [-0.2, -0.15) is 10.2 Å². The maximum atomic E-state index is 14.7. The molecule has 0 aliphatic carbocycles. The van der Waals surface area contributed by atoms with E-state index in [2.05, 4.69) is 15.2 Å². The van der Waals surface area contributed by atoms with E-state index in [4.69, 9.17) is 23.2 Å². The SMILES string of the molecule is C[C@@H](n1ccc(-c2ccc(Cl)cc2Cl)n1)[C@](O)(Cn1cncn1)c1ccc(F)cc1F. The fourth-order valence-corrected chi connectivity index (χ4v) is 3.96. The number of aliphatic hydroxyl groups is 1. The molecule has 0 aliphatic heterocycles. The van der Waals surface area contributed by atoms with E-state index in [0.717, 1.165) is 12.1 Å². The summed E-state index contributed by atoms with van der Waals surface area (Å²) in [5.74, 6) is -1.61. The van der Waals surface area contributed by atoms with Gasteiger partial charge in [0.2, 0.25) is 0 Å². The second-order valence-corrected chi connectivity index (χ2v) is 7.97. The molecule has 31 heavy (non-hydrogen) atoms. The van der Waals surface area contributed by atoms with Crippen LogP contribution in [0.3, 0.4) is 0 Å². The fourth-order valence-electron chi connectivity index (χ4n) is 3.46. The zero-order valence-electron chi connectivity index (χ0n) is 16.3. The Bertz CT molecular complexity index is 1210. The van der Waals surface area contributed by atoms with Crippen LogP contribution in [-0.4, -0.2) is 29.7 Å². The zero-order valence-corrected chi connectivity index (χ0v) is 17.8. The number of halogens is 4. The van der Waals surface area contributed by atoms with E-state index in [1.807, 2.05) is 0 Å². The zero-order chi connectivity index (χ0) is 22.2. The lowest BCUT2D eigenvalue weighted by Gasteiger charge is -2.34. The molecule has 10 heteroatoms. The Morgan fingerprint density at radius 1 is 1.13 bits per heavy atom. The number of aromatic nitrogens is 5. The standard InChI is InChI=1S/C21H17Cl2F2N5O/c1-13(30-7-6-20(28-30)16-4-2-14(22)8-18(16)23)21(31,10-29-12-26-11-27-29)17-5-3-15(24)9-19(17)25/h2-9,11-13,31H,10H2,1H3/t13-,21-/m1/s1. The molecule has 0 fully saturated rings. The summed E-state index contributed by atoms with van der Waals surface area (Å²) in [7, 11) is 0. The van der Waals surface area contributed by atoms with Crippen LogP contribution in [0.25, 0.3) is 11.3 Å². The predicted molar refractivity (Wildman–Crippen MR) is 113 cm³/mol. The highest BCUT2D eigenvalue weighted by atomic mass is 35.5. The van der Waals surface area contributed by atoms with Crippen LogP contribution >= 0.6 is 23.2 Å². The van der Waals surface area contributed by atoms with E-state index in [1.165, 1.54) is 28.1 Å². The Hall–Kier alpha value is -2.81.